The van der Waals surface area contributed by atoms with Gasteiger partial charge in [0.1, 0.15) is 24.2 Å². The van der Waals surface area contributed by atoms with Crippen molar-refractivity contribution >= 4 is 40.1 Å². The van der Waals surface area contributed by atoms with Gasteiger partial charge in [-0.1, -0.05) is 55.4 Å². The highest BCUT2D eigenvalue weighted by Crippen LogP contribution is 2.50. The number of ether oxygens (including phenoxy) is 1. The third-order valence-electron chi connectivity index (χ3n) is 7.87. The fourth-order valence-electron chi connectivity index (χ4n) is 5.98. The van der Waals surface area contributed by atoms with Crippen molar-refractivity contribution in [2.75, 3.05) is 12.3 Å². The molecule has 0 aromatic carbocycles. The van der Waals surface area contributed by atoms with Gasteiger partial charge < -0.3 is 28.5 Å². The fraction of sp³-hybridized carbons (Fsp3) is 0.750. The number of nitrogens with two attached hydrogens (primary N) is 1. The summed E-state index contributed by atoms with van der Waals surface area (Å²) in [6, 6.07) is 0. The van der Waals surface area contributed by atoms with E-state index in [1.165, 1.54) is 6.33 Å². The molecule has 2 aromatic rings. The highest BCUT2D eigenvalue weighted by molar-refractivity contribution is 6.84. The summed E-state index contributed by atoms with van der Waals surface area (Å²) < 4.78 is 29.6. The Morgan fingerprint density at radius 2 is 1.68 bits per heavy atom. The topological polar surface area (TPSA) is 144 Å². The molecule has 11 nitrogen and oxygen atoms in total. The van der Waals surface area contributed by atoms with Gasteiger partial charge in [-0.05, 0) is 22.2 Å². The molecule has 0 spiro atoms. The summed E-state index contributed by atoms with van der Waals surface area (Å²) in [7, 11) is -5.69. The van der Waals surface area contributed by atoms with E-state index in [-0.39, 0.29) is 41.0 Å². The van der Waals surface area contributed by atoms with E-state index in [9.17, 15) is 9.90 Å². The highest BCUT2D eigenvalue weighted by atomic mass is 28.5. The second-order valence-electron chi connectivity index (χ2n) is 11.5. The molecule has 37 heavy (non-hydrogen) atoms. The number of carboxylic acid groups (broad SMARTS) is 1. The van der Waals surface area contributed by atoms with Gasteiger partial charge in [0.25, 0.3) is 0 Å². The van der Waals surface area contributed by atoms with Crippen LogP contribution in [-0.2, 0) is 22.5 Å². The van der Waals surface area contributed by atoms with E-state index in [1.807, 2.05) is 0 Å². The zero-order valence-corrected chi connectivity index (χ0v) is 25.0. The number of carbonyl (C=O) groups is 1. The molecule has 13 heteroatoms. The van der Waals surface area contributed by atoms with Crippen LogP contribution in [0.5, 0.6) is 0 Å². The average molecular weight is 552 g/mol. The van der Waals surface area contributed by atoms with Crippen LogP contribution in [0.25, 0.3) is 11.2 Å². The maximum atomic E-state index is 12.1. The summed E-state index contributed by atoms with van der Waals surface area (Å²) in [6.07, 6.45) is 1.14. The molecule has 0 amide bonds. The first-order valence-corrected chi connectivity index (χ1v) is 17.1. The third-order valence-corrected chi connectivity index (χ3v) is 18.1. The number of nitrogens with zero attached hydrogens (tertiary/aromatic N) is 4. The third kappa shape index (κ3) is 4.74. The Balaban J connectivity index is 1.84. The number of nitrogen functional groups attached to an aromatic ring is 1. The first-order valence-electron chi connectivity index (χ1n) is 13.2. The average Bonchev–Trinajstić information content (AvgIpc) is 3.35. The minimum Gasteiger partial charge on any atom is -0.481 e. The molecule has 2 saturated heterocycles. The number of carboxylic acids is 1. The molecule has 2 aromatic heterocycles. The van der Waals surface area contributed by atoms with Crippen molar-refractivity contribution in [3.8, 4) is 0 Å². The lowest BCUT2D eigenvalue weighted by Gasteiger charge is -2.51. The number of aliphatic carboxylic acids is 1. The van der Waals surface area contributed by atoms with Gasteiger partial charge in [0.15, 0.2) is 11.5 Å². The molecular weight excluding hydrogens is 510 g/mol. The van der Waals surface area contributed by atoms with Crippen molar-refractivity contribution in [1.82, 2.24) is 19.5 Å². The van der Waals surface area contributed by atoms with Crippen LogP contribution in [-0.4, -0.2) is 66.5 Å². The molecule has 0 bridgehead atoms. The molecule has 0 aliphatic carbocycles. The molecule has 4 atom stereocenters. The first-order chi connectivity index (χ1) is 17.3. The lowest BCUT2D eigenvalue weighted by molar-refractivity contribution is -0.139. The molecule has 4 heterocycles. The van der Waals surface area contributed by atoms with Crippen LogP contribution < -0.4 is 5.73 Å². The summed E-state index contributed by atoms with van der Waals surface area (Å²) >= 11 is 0. The Labute approximate surface area is 220 Å². The Morgan fingerprint density at radius 3 is 2.24 bits per heavy atom. The fourth-order valence-corrected chi connectivity index (χ4v) is 17.2. The normalized spacial score (nSPS) is 27.7. The Hall–Kier alpha value is -1.91. The van der Waals surface area contributed by atoms with Crippen LogP contribution in [0.3, 0.4) is 0 Å². The number of hydrogen-bond acceptors (Lipinski definition) is 9. The number of hydrogen-bond donors (Lipinski definition) is 2. The van der Waals surface area contributed by atoms with E-state index in [0.29, 0.717) is 11.2 Å². The van der Waals surface area contributed by atoms with Gasteiger partial charge >= 0.3 is 23.1 Å². The molecule has 3 N–H and O–H groups in total. The minimum atomic E-state index is -2.94. The molecule has 2 aliphatic heterocycles. The standard InChI is InChI=1S/C24H41N5O6Si2/c1-13(2)36(14(3)4)32-10-18-21(34-37(35-36,15(5)6)16(7)8)17(9-19(30)31)24(33-18)29-12-28-20-22(25)26-11-27-23(20)29/h11-18,21,24H,9-10H2,1-8H3,(H,30,31)(H2,25,26,27)/t17-,18-,21+,24-/m1/s1. The van der Waals surface area contributed by atoms with Crippen LogP contribution >= 0.6 is 0 Å². The van der Waals surface area contributed by atoms with Crippen molar-refractivity contribution < 1.29 is 27.6 Å². The van der Waals surface area contributed by atoms with Crippen molar-refractivity contribution in [3.63, 3.8) is 0 Å². The SMILES string of the molecule is CC(C)[Si]1(C(C)C)OC[C@H]2O[C@@H](n3cnc4c(N)ncnc43)[C@H](CC(=O)O)[C@@H]2O[Si](C(C)C)(C(C)C)O1. The van der Waals surface area contributed by atoms with Crippen molar-refractivity contribution in [2.45, 2.75) is 102 Å². The molecule has 0 unspecified atom stereocenters. The van der Waals surface area contributed by atoms with Gasteiger partial charge in [-0.3, -0.25) is 9.36 Å². The maximum absolute atomic E-state index is 12.1. The number of fused-ring (bicyclic) bond motifs is 2. The van der Waals surface area contributed by atoms with E-state index >= 15 is 0 Å². The summed E-state index contributed by atoms with van der Waals surface area (Å²) in [5.74, 6) is -1.19. The van der Waals surface area contributed by atoms with E-state index < -0.39 is 47.4 Å². The van der Waals surface area contributed by atoms with Crippen molar-refractivity contribution in [1.29, 1.82) is 0 Å². The molecule has 2 aliphatic rings. The van der Waals surface area contributed by atoms with Crippen LogP contribution in [0, 0.1) is 5.92 Å². The van der Waals surface area contributed by atoms with Gasteiger partial charge in [0.05, 0.1) is 25.5 Å². The van der Waals surface area contributed by atoms with Gasteiger partial charge in [-0.2, -0.15) is 0 Å². The summed E-state index contributed by atoms with van der Waals surface area (Å²) in [4.78, 5) is 24.9. The summed E-state index contributed by atoms with van der Waals surface area (Å²) in [5.41, 5.74) is 7.58. The molecule has 0 saturated carbocycles. The lowest BCUT2D eigenvalue weighted by Crippen LogP contribution is -2.65. The number of aromatic nitrogens is 4. The zero-order chi connectivity index (χ0) is 27.3. The number of rotatable bonds is 7. The van der Waals surface area contributed by atoms with Gasteiger partial charge in [0.2, 0.25) is 0 Å². The summed E-state index contributed by atoms with van der Waals surface area (Å²) in [6.45, 7) is 17.5. The molecule has 0 radical (unpaired) electrons. The Morgan fingerprint density at radius 1 is 1.05 bits per heavy atom. The molecule has 206 valence electrons. The largest absolute Gasteiger partial charge is 0.481 e. The zero-order valence-electron chi connectivity index (χ0n) is 23.0. The Bertz CT molecular complexity index is 1110. The highest BCUT2D eigenvalue weighted by Gasteiger charge is 2.62. The molecule has 2 fully saturated rings. The number of anilines is 1. The predicted octanol–water partition coefficient (Wildman–Crippen LogP) is 4.35. The molecular formula is C24H41N5O6Si2. The van der Waals surface area contributed by atoms with Gasteiger partial charge in [-0.15, -0.1) is 0 Å². The van der Waals surface area contributed by atoms with E-state index in [1.54, 1.807) is 10.9 Å². The smallest absolute Gasteiger partial charge is 0.335 e. The van der Waals surface area contributed by atoms with E-state index in [4.69, 9.17) is 23.4 Å². The monoisotopic (exact) mass is 551 g/mol. The number of imidazole rings is 1. The van der Waals surface area contributed by atoms with E-state index in [2.05, 4.69) is 70.3 Å². The molecule has 4 rings (SSSR count). The quantitative estimate of drug-likeness (QED) is 0.476. The van der Waals surface area contributed by atoms with Crippen LogP contribution in [0.2, 0.25) is 22.2 Å². The summed E-state index contributed by atoms with van der Waals surface area (Å²) in [5, 5.41) is 9.91. The van der Waals surface area contributed by atoms with Crippen LogP contribution in [0.1, 0.15) is 68.0 Å². The van der Waals surface area contributed by atoms with Crippen molar-refractivity contribution in [2.24, 2.45) is 5.92 Å². The second kappa shape index (κ2) is 10.3. The van der Waals surface area contributed by atoms with Gasteiger partial charge in [0, 0.05) is 5.92 Å². The van der Waals surface area contributed by atoms with Crippen LogP contribution in [0.15, 0.2) is 12.7 Å². The minimum absolute atomic E-state index is 0.116. The van der Waals surface area contributed by atoms with Crippen molar-refractivity contribution in [3.05, 3.63) is 12.7 Å². The second-order valence-corrected chi connectivity index (χ2v) is 20.3. The maximum Gasteiger partial charge on any atom is 0.335 e. The van der Waals surface area contributed by atoms with Crippen LogP contribution in [0.4, 0.5) is 5.82 Å². The Kier molecular flexibility index (Phi) is 7.86. The van der Waals surface area contributed by atoms with Gasteiger partial charge in [-0.25, -0.2) is 15.0 Å². The predicted molar refractivity (Wildman–Crippen MR) is 143 cm³/mol. The first kappa shape index (κ1) is 28.1. The lowest BCUT2D eigenvalue weighted by atomic mass is 9.96. The van der Waals surface area contributed by atoms with E-state index in [0.717, 1.165) is 0 Å².